The fourth-order valence-electron chi connectivity index (χ4n) is 3.03. The Bertz CT molecular complexity index is 625. The third-order valence-electron chi connectivity index (χ3n) is 4.21. The van der Waals surface area contributed by atoms with Crippen LogP contribution < -0.4 is 0 Å². The van der Waals surface area contributed by atoms with Crippen molar-refractivity contribution in [1.82, 2.24) is 0 Å². The van der Waals surface area contributed by atoms with Crippen molar-refractivity contribution < 1.29 is 0 Å². The molecule has 1 aliphatic heterocycles. The molecule has 0 N–H and O–H groups in total. The molecule has 0 radical (unpaired) electrons. The maximum absolute atomic E-state index is 4.99. The second kappa shape index (κ2) is 5.62. The number of benzene rings is 2. The second-order valence-corrected chi connectivity index (χ2v) is 5.63. The van der Waals surface area contributed by atoms with E-state index in [1.165, 1.54) is 40.9 Å². The van der Waals surface area contributed by atoms with Gasteiger partial charge in [-0.15, -0.1) is 0 Å². The third-order valence-corrected chi connectivity index (χ3v) is 4.21. The minimum absolute atomic E-state index is 0.635. The van der Waals surface area contributed by atoms with Crippen LogP contribution in [-0.4, -0.2) is 5.71 Å². The van der Waals surface area contributed by atoms with Gasteiger partial charge in [-0.1, -0.05) is 49.4 Å². The number of fused-ring (bicyclic) bond motifs is 1. The number of aliphatic imine (C=N–C) groups is 1. The normalized spacial score (nSPS) is 18.1. The summed E-state index contributed by atoms with van der Waals surface area (Å²) in [4.78, 5) is 4.99. The van der Waals surface area contributed by atoms with E-state index in [1.54, 1.807) is 0 Å². The summed E-state index contributed by atoms with van der Waals surface area (Å²) in [7, 11) is 0. The van der Waals surface area contributed by atoms with Crippen molar-refractivity contribution in [3.8, 4) is 0 Å². The molecule has 0 aliphatic carbocycles. The summed E-state index contributed by atoms with van der Waals surface area (Å²) in [5, 5.41) is 0. The van der Waals surface area contributed by atoms with Crippen LogP contribution >= 0.6 is 0 Å². The Balaban J connectivity index is 2.08. The van der Waals surface area contributed by atoms with Gasteiger partial charge in [0, 0.05) is 5.71 Å². The maximum atomic E-state index is 4.99. The van der Waals surface area contributed by atoms with Crippen LogP contribution in [0.4, 0.5) is 5.69 Å². The van der Waals surface area contributed by atoms with Gasteiger partial charge in [0.2, 0.25) is 0 Å². The summed E-state index contributed by atoms with van der Waals surface area (Å²) >= 11 is 0. The highest BCUT2D eigenvalue weighted by atomic mass is 14.8. The van der Waals surface area contributed by atoms with Gasteiger partial charge in [-0.05, 0) is 54.9 Å². The van der Waals surface area contributed by atoms with Gasteiger partial charge in [0.1, 0.15) is 0 Å². The van der Waals surface area contributed by atoms with Crippen molar-refractivity contribution in [3.63, 3.8) is 0 Å². The Kier molecular flexibility index (Phi) is 3.68. The molecule has 1 aliphatic rings. The topological polar surface area (TPSA) is 12.4 Å². The van der Waals surface area contributed by atoms with E-state index in [0.717, 1.165) is 6.42 Å². The number of nitrogens with zero attached hydrogens (tertiary/aromatic N) is 1. The summed E-state index contributed by atoms with van der Waals surface area (Å²) in [6.07, 6.45) is 3.45. The van der Waals surface area contributed by atoms with E-state index in [9.17, 15) is 0 Å². The zero-order valence-corrected chi connectivity index (χ0v) is 12.3. The standard InChI is InChI=1S/C19H21N/c1-3-15-10-12-18(16-7-5-4-6-8-16)20-19-13-14(2)9-11-17(15)19/h4-9,11,13,15H,3,10,12H2,1-2H3. The van der Waals surface area contributed by atoms with Gasteiger partial charge in [-0.25, -0.2) is 0 Å². The predicted molar refractivity (Wildman–Crippen MR) is 86.1 cm³/mol. The van der Waals surface area contributed by atoms with Crippen LogP contribution in [-0.2, 0) is 0 Å². The third kappa shape index (κ3) is 2.53. The van der Waals surface area contributed by atoms with E-state index in [-0.39, 0.29) is 0 Å². The maximum Gasteiger partial charge on any atom is 0.0670 e. The molecule has 1 heteroatoms. The second-order valence-electron chi connectivity index (χ2n) is 5.63. The highest BCUT2D eigenvalue weighted by Gasteiger charge is 2.19. The highest BCUT2D eigenvalue weighted by Crippen LogP contribution is 2.37. The fraction of sp³-hybridized carbons (Fsp3) is 0.316. The average Bonchev–Trinajstić information content (AvgIpc) is 2.66. The fourth-order valence-corrected chi connectivity index (χ4v) is 3.03. The molecule has 1 unspecified atom stereocenters. The van der Waals surface area contributed by atoms with Gasteiger partial charge in [-0.3, -0.25) is 4.99 Å². The largest absolute Gasteiger partial charge is 0.253 e. The van der Waals surface area contributed by atoms with Crippen molar-refractivity contribution in [2.45, 2.75) is 39.0 Å². The van der Waals surface area contributed by atoms with Crippen molar-refractivity contribution in [2.24, 2.45) is 4.99 Å². The highest BCUT2D eigenvalue weighted by molar-refractivity contribution is 6.02. The Hall–Kier alpha value is -1.89. The molecule has 1 heterocycles. The number of hydrogen-bond donors (Lipinski definition) is 0. The van der Waals surface area contributed by atoms with Gasteiger partial charge in [0.25, 0.3) is 0 Å². The van der Waals surface area contributed by atoms with E-state index in [4.69, 9.17) is 4.99 Å². The minimum atomic E-state index is 0.635. The van der Waals surface area contributed by atoms with Gasteiger partial charge >= 0.3 is 0 Å². The molecular formula is C19H21N. The zero-order chi connectivity index (χ0) is 13.9. The molecule has 0 fully saturated rings. The molecule has 102 valence electrons. The van der Waals surface area contributed by atoms with Crippen LogP contribution in [0.2, 0.25) is 0 Å². The van der Waals surface area contributed by atoms with Gasteiger partial charge < -0.3 is 0 Å². The van der Waals surface area contributed by atoms with Crippen molar-refractivity contribution in [2.75, 3.05) is 0 Å². The molecule has 3 rings (SSSR count). The minimum Gasteiger partial charge on any atom is -0.253 e. The lowest BCUT2D eigenvalue weighted by Crippen LogP contribution is -2.01. The van der Waals surface area contributed by atoms with Crippen LogP contribution in [0.3, 0.4) is 0 Å². The van der Waals surface area contributed by atoms with Crippen molar-refractivity contribution in [1.29, 1.82) is 0 Å². The summed E-state index contributed by atoms with van der Waals surface area (Å²) in [6.45, 7) is 4.42. The van der Waals surface area contributed by atoms with Crippen molar-refractivity contribution in [3.05, 3.63) is 65.2 Å². The molecule has 2 aromatic rings. The first-order valence-electron chi connectivity index (χ1n) is 7.51. The molecule has 0 spiro atoms. The summed E-state index contributed by atoms with van der Waals surface area (Å²) < 4.78 is 0. The predicted octanol–water partition coefficient (Wildman–Crippen LogP) is 5.40. The molecule has 0 bridgehead atoms. The SMILES string of the molecule is CCC1CCC(c2ccccc2)=Nc2cc(C)ccc21. The summed E-state index contributed by atoms with van der Waals surface area (Å²) in [5.74, 6) is 0.635. The van der Waals surface area contributed by atoms with E-state index in [2.05, 4.69) is 62.4 Å². The first-order valence-corrected chi connectivity index (χ1v) is 7.51. The smallest absolute Gasteiger partial charge is 0.0670 e. The van der Waals surface area contributed by atoms with Crippen LogP contribution in [0.25, 0.3) is 0 Å². The molecule has 2 aromatic carbocycles. The Labute approximate surface area is 121 Å². The van der Waals surface area contributed by atoms with Gasteiger partial charge in [0.15, 0.2) is 0 Å². The van der Waals surface area contributed by atoms with E-state index < -0.39 is 0 Å². The summed E-state index contributed by atoms with van der Waals surface area (Å²) in [5.41, 5.74) is 6.37. The number of aryl methyl sites for hydroxylation is 1. The molecule has 0 saturated carbocycles. The molecule has 0 saturated heterocycles. The molecule has 1 nitrogen and oxygen atoms in total. The van der Waals surface area contributed by atoms with Crippen molar-refractivity contribution >= 4 is 11.4 Å². The lowest BCUT2D eigenvalue weighted by atomic mass is 9.90. The van der Waals surface area contributed by atoms with E-state index in [0.29, 0.717) is 5.92 Å². The Morgan fingerprint density at radius 3 is 2.65 bits per heavy atom. The molecule has 0 amide bonds. The lowest BCUT2D eigenvalue weighted by molar-refractivity contribution is 0.627. The lowest BCUT2D eigenvalue weighted by Gasteiger charge is -2.14. The summed E-state index contributed by atoms with van der Waals surface area (Å²) in [6, 6.07) is 17.3. The molecular weight excluding hydrogens is 242 g/mol. The first-order chi connectivity index (χ1) is 9.78. The van der Waals surface area contributed by atoms with Gasteiger partial charge in [0.05, 0.1) is 5.69 Å². The number of hydrogen-bond acceptors (Lipinski definition) is 1. The zero-order valence-electron chi connectivity index (χ0n) is 12.3. The Morgan fingerprint density at radius 1 is 1.10 bits per heavy atom. The van der Waals surface area contributed by atoms with Crippen LogP contribution in [0, 0.1) is 6.92 Å². The van der Waals surface area contributed by atoms with Crippen LogP contribution in [0.1, 0.15) is 48.8 Å². The van der Waals surface area contributed by atoms with E-state index >= 15 is 0 Å². The first kappa shape index (κ1) is 13.1. The molecule has 1 atom stereocenters. The van der Waals surface area contributed by atoms with Crippen LogP contribution in [0.5, 0.6) is 0 Å². The molecule has 20 heavy (non-hydrogen) atoms. The quantitative estimate of drug-likeness (QED) is 0.687. The number of rotatable bonds is 2. The van der Waals surface area contributed by atoms with E-state index in [1.807, 2.05) is 0 Å². The van der Waals surface area contributed by atoms with Gasteiger partial charge in [-0.2, -0.15) is 0 Å². The van der Waals surface area contributed by atoms with Crippen LogP contribution in [0.15, 0.2) is 53.5 Å². The molecule has 0 aromatic heterocycles. The monoisotopic (exact) mass is 263 g/mol. The Morgan fingerprint density at radius 2 is 1.90 bits per heavy atom. The average molecular weight is 263 g/mol.